The largest absolute Gasteiger partial charge is 0.377 e. The van der Waals surface area contributed by atoms with Crippen LogP contribution >= 0.6 is 0 Å². The molecular formula is C16H21N5. The van der Waals surface area contributed by atoms with Crippen LogP contribution < -0.4 is 0 Å². The Kier molecular flexibility index (Phi) is 4.28. The molecule has 1 fully saturated rings. The fourth-order valence-electron chi connectivity index (χ4n) is 2.58. The van der Waals surface area contributed by atoms with Gasteiger partial charge in [0.25, 0.3) is 0 Å². The summed E-state index contributed by atoms with van der Waals surface area (Å²) in [7, 11) is 0. The van der Waals surface area contributed by atoms with Gasteiger partial charge in [0.05, 0.1) is 5.69 Å². The van der Waals surface area contributed by atoms with Gasteiger partial charge in [0.1, 0.15) is 0 Å². The Balaban J connectivity index is 1.77. The zero-order valence-corrected chi connectivity index (χ0v) is 12.4. The molecule has 0 bridgehead atoms. The average Bonchev–Trinajstić information content (AvgIpc) is 2.81. The Labute approximate surface area is 125 Å². The van der Waals surface area contributed by atoms with Crippen molar-refractivity contribution in [3.05, 3.63) is 41.9 Å². The van der Waals surface area contributed by atoms with E-state index in [2.05, 4.69) is 45.7 Å². The summed E-state index contributed by atoms with van der Waals surface area (Å²) in [6.45, 7) is 4.33. The van der Waals surface area contributed by atoms with E-state index in [9.17, 15) is 0 Å². The Morgan fingerprint density at radius 2 is 1.71 bits per heavy atom. The van der Waals surface area contributed by atoms with Gasteiger partial charge in [-0.25, -0.2) is 0 Å². The van der Waals surface area contributed by atoms with Gasteiger partial charge < -0.3 is 4.90 Å². The third-order valence-corrected chi connectivity index (χ3v) is 3.85. The molecule has 5 heteroatoms. The minimum Gasteiger partial charge on any atom is -0.377 e. The van der Waals surface area contributed by atoms with E-state index in [1.54, 1.807) is 4.68 Å². The van der Waals surface area contributed by atoms with Crippen molar-refractivity contribution < 1.29 is 0 Å². The Hall–Kier alpha value is -2.17. The first-order valence-electron chi connectivity index (χ1n) is 7.60. The van der Waals surface area contributed by atoms with Crippen LogP contribution in [0.15, 0.2) is 30.5 Å². The number of likely N-dealkylation sites (tertiary alicyclic amines) is 1. The van der Waals surface area contributed by atoms with E-state index in [1.165, 1.54) is 31.2 Å². The third-order valence-electron chi connectivity index (χ3n) is 3.85. The molecule has 2 heterocycles. The standard InChI is InChI=1S/C16H21N5/c1-14-6-8-15(9-7-14)21-16(17-18-19-21)10-13-20-11-4-2-3-5-12-20/h6-10,13H,2-5,11-12H2,1H3. The highest BCUT2D eigenvalue weighted by molar-refractivity contribution is 5.44. The lowest BCUT2D eigenvalue weighted by atomic mass is 10.2. The number of aromatic nitrogens is 4. The topological polar surface area (TPSA) is 46.8 Å². The molecule has 2 aromatic rings. The van der Waals surface area contributed by atoms with Crippen molar-refractivity contribution in [2.24, 2.45) is 0 Å². The van der Waals surface area contributed by atoms with E-state index in [0.29, 0.717) is 0 Å². The SMILES string of the molecule is Cc1ccc(-n2nnnc2C=CN2CCCCCC2)cc1. The van der Waals surface area contributed by atoms with Crippen LogP contribution in [0.3, 0.4) is 0 Å². The Morgan fingerprint density at radius 1 is 1.00 bits per heavy atom. The van der Waals surface area contributed by atoms with Crippen molar-refractivity contribution in [3.8, 4) is 5.69 Å². The van der Waals surface area contributed by atoms with Crippen LogP contribution in [-0.4, -0.2) is 38.2 Å². The highest BCUT2D eigenvalue weighted by atomic mass is 15.5. The number of nitrogens with zero attached hydrogens (tertiary/aromatic N) is 5. The lowest BCUT2D eigenvalue weighted by Crippen LogP contribution is -2.17. The smallest absolute Gasteiger partial charge is 0.181 e. The predicted molar refractivity (Wildman–Crippen MR) is 83.0 cm³/mol. The maximum atomic E-state index is 4.11. The zero-order valence-electron chi connectivity index (χ0n) is 12.4. The van der Waals surface area contributed by atoms with Crippen LogP contribution in [-0.2, 0) is 0 Å². The maximum Gasteiger partial charge on any atom is 0.181 e. The van der Waals surface area contributed by atoms with Gasteiger partial charge in [0.2, 0.25) is 0 Å². The van der Waals surface area contributed by atoms with Crippen LogP contribution in [0.25, 0.3) is 11.8 Å². The van der Waals surface area contributed by atoms with Crippen LogP contribution in [0.5, 0.6) is 0 Å². The fraction of sp³-hybridized carbons (Fsp3) is 0.438. The number of tetrazole rings is 1. The van der Waals surface area contributed by atoms with Crippen LogP contribution in [0.2, 0.25) is 0 Å². The molecule has 21 heavy (non-hydrogen) atoms. The number of aryl methyl sites for hydroxylation is 1. The van der Waals surface area contributed by atoms with E-state index in [4.69, 9.17) is 0 Å². The molecule has 0 spiro atoms. The molecule has 1 aromatic carbocycles. The second kappa shape index (κ2) is 6.52. The molecule has 1 aliphatic heterocycles. The summed E-state index contributed by atoms with van der Waals surface area (Å²) in [5, 5.41) is 12.0. The van der Waals surface area contributed by atoms with Crippen molar-refractivity contribution in [2.75, 3.05) is 13.1 Å². The monoisotopic (exact) mass is 283 g/mol. The van der Waals surface area contributed by atoms with E-state index in [-0.39, 0.29) is 0 Å². The van der Waals surface area contributed by atoms with E-state index >= 15 is 0 Å². The van der Waals surface area contributed by atoms with Crippen LogP contribution in [0, 0.1) is 6.92 Å². The molecule has 0 saturated carbocycles. The minimum absolute atomic E-state index is 0.767. The van der Waals surface area contributed by atoms with Crippen molar-refractivity contribution >= 4 is 6.08 Å². The normalized spacial score (nSPS) is 16.3. The van der Waals surface area contributed by atoms with Gasteiger partial charge in [-0.15, -0.1) is 5.10 Å². The highest BCUT2D eigenvalue weighted by Gasteiger charge is 2.07. The molecule has 0 unspecified atom stereocenters. The average molecular weight is 283 g/mol. The zero-order chi connectivity index (χ0) is 14.5. The lowest BCUT2D eigenvalue weighted by Gasteiger charge is -2.16. The van der Waals surface area contributed by atoms with E-state index in [1.807, 2.05) is 18.2 Å². The highest BCUT2D eigenvalue weighted by Crippen LogP contribution is 2.13. The summed E-state index contributed by atoms with van der Waals surface area (Å²) in [5.41, 5.74) is 2.22. The summed E-state index contributed by atoms with van der Waals surface area (Å²) >= 11 is 0. The predicted octanol–water partition coefficient (Wildman–Crippen LogP) is 2.82. The third kappa shape index (κ3) is 3.48. The summed E-state index contributed by atoms with van der Waals surface area (Å²) in [4.78, 5) is 2.36. The lowest BCUT2D eigenvalue weighted by molar-refractivity contribution is 0.394. The molecule has 1 saturated heterocycles. The molecule has 0 radical (unpaired) electrons. The van der Waals surface area contributed by atoms with Gasteiger partial charge in [-0.1, -0.05) is 30.5 Å². The molecule has 1 aromatic heterocycles. The number of hydrogen-bond donors (Lipinski definition) is 0. The molecular weight excluding hydrogens is 262 g/mol. The Morgan fingerprint density at radius 3 is 2.43 bits per heavy atom. The van der Waals surface area contributed by atoms with Crippen molar-refractivity contribution in [1.82, 2.24) is 25.1 Å². The van der Waals surface area contributed by atoms with Crippen molar-refractivity contribution in [2.45, 2.75) is 32.6 Å². The number of benzene rings is 1. The first-order valence-corrected chi connectivity index (χ1v) is 7.60. The van der Waals surface area contributed by atoms with E-state index < -0.39 is 0 Å². The quantitative estimate of drug-likeness (QED) is 0.869. The summed E-state index contributed by atoms with van der Waals surface area (Å²) < 4.78 is 1.77. The molecule has 5 nitrogen and oxygen atoms in total. The van der Waals surface area contributed by atoms with Gasteiger partial charge in [0, 0.05) is 25.4 Å². The molecule has 1 aliphatic rings. The fourth-order valence-corrected chi connectivity index (χ4v) is 2.58. The second-order valence-electron chi connectivity index (χ2n) is 5.55. The van der Waals surface area contributed by atoms with Gasteiger partial charge in [-0.2, -0.15) is 4.68 Å². The van der Waals surface area contributed by atoms with Gasteiger partial charge in [-0.05, 0) is 42.3 Å². The minimum atomic E-state index is 0.767. The van der Waals surface area contributed by atoms with Crippen LogP contribution in [0.4, 0.5) is 0 Å². The van der Waals surface area contributed by atoms with Crippen molar-refractivity contribution in [3.63, 3.8) is 0 Å². The summed E-state index contributed by atoms with van der Waals surface area (Å²) in [5.74, 6) is 0.767. The molecule has 0 atom stereocenters. The van der Waals surface area contributed by atoms with Crippen LogP contribution in [0.1, 0.15) is 37.1 Å². The molecule has 110 valence electrons. The summed E-state index contributed by atoms with van der Waals surface area (Å²) in [6.07, 6.45) is 9.35. The maximum absolute atomic E-state index is 4.11. The van der Waals surface area contributed by atoms with Gasteiger partial charge >= 0.3 is 0 Å². The summed E-state index contributed by atoms with van der Waals surface area (Å²) in [6, 6.07) is 8.21. The Bertz CT molecular complexity index is 591. The van der Waals surface area contributed by atoms with Gasteiger partial charge in [-0.3, -0.25) is 0 Å². The number of hydrogen-bond acceptors (Lipinski definition) is 4. The molecule has 0 N–H and O–H groups in total. The van der Waals surface area contributed by atoms with E-state index in [0.717, 1.165) is 24.6 Å². The number of rotatable bonds is 3. The van der Waals surface area contributed by atoms with Crippen molar-refractivity contribution in [1.29, 1.82) is 0 Å². The molecule has 0 aliphatic carbocycles. The first kappa shape index (κ1) is 13.8. The van der Waals surface area contributed by atoms with Gasteiger partial charge in [0.15, 0.2) is 5.82 Å². The first-order chi connectivity index (χ1) is 10.3. The second-order valence-corrected chi connectivity index (χ2v) is 5.55. The molecule has 3 rings (SSSR count). The molecule has 0 amide bonds.